The highest BCUT2D eigenvalue weighted by Gasteiger charge is 2.11. The Hall–Kier alpha value is -1.94. The lowest BCUT2D eigenvalue weighted by Gasteiger charge is -2.08. The molecule has 2 N–H and O–H groups in total. The van der Waals surface area contributed by atoms with Crippen LogP contribution in [0.1, 0.15) is 23.9 Å². The summed E-state index contributed by atoms with van der Waals surface area (Å²) in [6.45, 7) is 8.33. The van der Waals surface area contributed by atoms with Crippen molar-refractivity contribution in [3.63, 3.8) is 0 Å². The van der Waals surface area contributed by atoms with E-state index < -0.39 is 0 Å². The minimum Gasteiger partial charge on any atom is -0.325 e. The number of hydrogen-bond donors (Lipinski definition) is 1. The zero-order valence-corrected chi connectivity index (χ0v) is 10.1. The maximum absolute atomic E-state index is 5.62. The first-order valence-corrected chi connectivity index (χ1v) is 5.50. The third-order valence-electron chi connectivity index (χ3n) is 2.59. The first-order chi connectivity index (χ1) is 8.13. The molecule has 0 aromatic carbocycles. The van der Waals surface area contributed by atoms with Crippen LogP contribution >= 0.6 is 0 Å². The van der Waals surface area contributed by atoms with Crippen LogP contribution in [0.3, 0.4) is 0 Å². The van der Waals surface area contributed by atoms with Crippen LogP contribution < -0.4 is 5.73 Å². The second-order valence-corrected chi connectivity index (χ2v) is 4.06. The molecule has 2 heterocycles. The Morgan fingerprint density at radius 3 is 2.88 bits per heavy atom. The van der Waals surface area contributed by atoms with Crippen LogP contribution in [0, 0.1) is 6.92 Å². The molecule has 0 saturated heterocycles. The van der Waals surface area contributed by atoms with E-state index in [1.807, 2.05) is 32.0 Å². The average molecular weight is 228 g/mol. The second-order valence-electron chi connectivity index (χ2n) is 4.06. The molecule has 0 amide bonds. The lowest BCUT2D eigenvalue weighted by molar-refractivity contribution is 0.795. The smallest absolute Gasteiger partial charge is 0.156 e. The Morgan fingerprint density at radius 2 is 2.29 bits per heavy atom. The van der Waals surface area contributed by atoms with E-state index in [2.05, 4.69) is 16.7 Å². The molecule has 17 heavy (non-hydrogen) atoms. The van der Waals surface area contributed by atoms with E-state index in [1.165, 1.54) is 0 Å². The maximum atomic E-state index is 5.62. The summed E-state index contributed by atoms with van der Waals surface area (Å²) in [6, 6.07) is 5.87. The Kier molecular flexibility index (Phi) is 3.06. The monoisotopic (exact) mass is 228 g/mol. The van der Waals surface area contributed by atoms with Gasteiger partial charge in [0.2, 0.25) is 0 Å². The van der Waals surface area contributed by atoms with Crippen LogP contribution in [0.4, 0.5) is 0 Å². The average Bonchev–Trinajstić information content (AvgIpc) is 2.73. The van der Waals surface area contributed by atoms with Gasteiger partial charge in [-0.2, -0.15) is 5.10 Å². The van der Waals surface area contributed by atoms with Crippen LogP contribution in [0.25, 0.3) is 11.4 Å². The van der Waals surface area contributed by atoms with Gasteiger partial charge in [0.1, 0.15) is 0 Å². The molecule has 4 nitrogen and oxygen atoms in total. The van der Waals surface area contributed by atoms with Crippen molar-refractivity contribution in [3.05, 3.63) is 47.9 Å². The van der Waals surface area contributed by atoms with Gasteiger partial charge < -0.3 is 5.73 Å². The van der Waals surface area contributed by atoms with Gasteiger partial charge in [0.25, 0.3) is 0 Å². The van der Waals surface area contributed by atoms with Crippen LogP contribution in [-0.4, -0.2) is 14.8 Å². The SMILES string of the molecule is C=C(C)c1cc(CN)nn1-c1ncccc1C. The van der Waals surface area contributed by atoms with Crippen molar-refractivity contribution in [2.45, 2.75) is 20.4 Å². The zero-order valence-electron chi connectivity index (χ0n) is 10.1. The van der Waals surface area contributed by atoms with Gasteiger partial charge in [-0.3, -0.25) is 0 Å². The van der Waals surface area contributed by atoms with Crippen molar-refractivity contribution in [3.8, 4) is 5.82 Å². The van der Waals surface area contributed by atoms with Crippen molar-refractivity contribution in [2.24, 2.45) is 5.73 Å². The van der Waals surface area contributed by atoms with E-state index >= 15 is 0 Å². The molecule has 0 saturated carbocycles. The van der Waals surface area contributed by atoms with Crippen LogP contribution in [0.2, 0.25) is 0 Å². The van der Waals surface area contributed by atoms with Gasteiger partial charge in [-0.05, 0) is 37.1 Å². The molecule has 0 spiro atoms. The summed E-state index contributed by atoms with van der Waals surface area (Å²) in [6.07, 6.45) is 1.76. The van der Waals surface area contributed by atoms with Crippen LogP contribution in [0.5, 0.6) is 0 Å². The number of aromatic nitrogens is 3. The van der Waals surface area contributed by atoms with E-state index in [1.54, 1.807) is 10.9 Å². The van der Waals surface area contributed by atoms with Crippen LogP contribution in [-0.2, 0) is 6.54 Å². The Bertz CT molecular complexity index is 554. The summed E-state index contributed by atoms with van der Waals surface area (Å²) in [7, 11) is 0. The molecule has 2 aromatic rings. The summed E-state index contributed by atoms with van der Waals surface area (Å²) in [5, 5.41) is 4.45. The summed E-state index contributed by atoms with van der Waals surface area (Å²) >= 11 is 0. The molecule has 4 heteroatoms. The molecule has 0 bridgehead atoms. The van der Waals surface area contributed by atoms with Crippen molar-refractivity contribution >= 4 is 5.57 Å². The highest BCUT2D eigenvalue weighted by atomic mass is 15.3. The fourth-order valence-corrected chi connectivity index (χ4v) is 1.69. The number of rotatable bonds is 3. The maximum Gasteiger partial charge on any atom is 0.156 e. The number of allylic oxidation sites excluding steroid dienone is 1. The molecule has 0 aliphatic rings. The Morgan fingerprint density at radius 1 is 1.53 bits per heavy atom. The molecular weight excluding hydrogens is 212 g/mol. The van der Waals surface area contributed by atoms with E-state index in [0.717, 1.165) is 28.3 Å². The Balaban J connectivity index is 2.62. The fourth-order valence-electron chi connectivity index (χ4n) is 1.69. The molecule has 88 valence electrons. The first kappa shape index (κ1) is 11.5. The zero-order chi connectivity index (χ0) is 12.4. The van der Waals surface area contributed by atoms with Crippen molar-refractivity contribution in [1.29, 1.82) is 0 Å². The number of hydrogen-bond acceptors (Lipinski definition) is 3. The van der Waals surface area contributed by atoms with Gasteiger partial charge in [0, 0.05) is 12.7 Å². The molecule has 2 rings (SSSR count). The van der Waals surface area contributed by atoms with Gasteiger partial charge in [-0.25, -0.2) is 9.67 Å². The molecule has 0 aliphatic carbocycles. The number of nitrogens with zero attached hydrogens (tertiary/aromatic N) is 3. The largest absolute Gasteiger partial charge is 0.325 e. The lowest BCUT2D eigenvalue weighted by atomic mass is 10.2. The van der Waals surface area contributed by atoms with Crippen molar-refractivity contribution in [2.75, 3.05) is 0 Å². The Labute approximate surface area is 101 Å². The van der Waals surface area contributed by atoms with Gasteiger partial charge in [-0.15, -0.1) is 0 Å². The van der Waals surface area contributed by atoms with E-state index in [-0.39, 0.29) is 0 Å². The molecule has 0 atom stereocenters. The second kappa shape index (κ2) is 4.51. The van der Waals surface area contributed by atoms with Crippen molar-refractivity contribution < 1.29 is 0 Å². The summed E-state index contributed by atoms with van der Waals surface area (Å²) in [5.74, 6) is 0.824. The highest BCUT2D eigenvalue weighted by Crippen LogP contribution is 2.19. The summed E-state index contributed by atoms with van der Waals surface area (Å²) in [5.41, 5.74) is 9.43. The van der Waals surface area contributed by atoms with Gasteiger partial charge in [0.05, 0.1) is 11.4 Å². The van der Waals surface area contributed by atoms with E-state index in [4.69, 9.17) is 5.73 Å². The molecule has 0 radical (unpaired) electrons. The van der Waals surface area contributed by atoms with Crippen LogP contribution in [0.15, 0.2) is 31.0 Å². The number of aryl methyl sites for hydroxylation is 1. The fraction of sp³-hybridized carbons (Fsp3) is 0.231. The summed E-state index contributed by atoms with van der Waals surface area (Å²) < 4.78 is 1.81. The molecular formula is C13H16N4. The minimum absolute atomic E-state index is 0.416. The number of nitrogens with two attached hydrogens (primary N) is 1. The molecule has 0 fully saturated rings. The summed E-state index contributed by atoms with van der Waals surface area (Å²) in [4.78, 5) is 4.36. The standard InChI is InChI=1S/C13H16N4/c1-9(2)12-7-11(8-14)16-17(12)13-10(3)5-4-6-15-13/h4-7H,1,8,14H2,2-3H3. The van der Waals surface area contributed by atoms with E-state index in [0.29, 0.717) is 6.54 Å². The third-order valence-corrected chi connectivity index (χ3v) is 2.59. The van der Waals surface area contributed by atoms with Gasteiger partial charge in [0.15, 0.2) is 5.82 Å². The normalized spacial score (nSPS) is 10.5. The highest BCUT2D eigenvalue weighted by molar-refractivity contribution is 5.60. The predicted molar refractivity (Wildman–Crippen MR) is 68.7 cm³/mol. The molecule has 0 unspecified atom stereocenters. The lowest BCUT2D eigenvalue weighted by Crippen LogP contribution is -2.06. The minimum atomic E-state index is 0.416. The number of pyridine rings is 1. The third kappa shape index (κ3) is 2.12. The van der Waals surface area contributed by atoms with Gasteiger partial charge in [-0.1, -0.05) is 12.6 Å². The molecule has 2 aromatic heterocycles. The van der Waals surface area contributed by atoms with Crippen molar-refractivity contribution in [1.82, 2.24) is 14.8 Å². The molecule has 0 aliphatic heterocycles. The van der Waals surface area contributed by atoms with E-state index in [9.17, 15) is 0 Å². The topological polar surface area (TPSA) is 56.7 Å². The quantitative estimate of drug-likeness (QED) is 0.874. The first-order valence-electron chi connectivity index (χ1n) is 5.50. The predicted octanol–water partition coefficient (Wildman–Crippen LogP) is 2.07. The van der Waals surface area contributed by atoms with Gasteiger partial charge >= 0.3 is 0 Å².